The third kappa shape index (κ3) is 5.36. The van der Waals surface area contributed by atoms with Gasteiger partial charge in [-0.3, -0.25) is 0 Å². The van der Waals surface area contributed by atoms with Crippen LogP contribution in [0, 0.1) is 0 Å². The van der Waals surface area contributed by atoms with E-state index in [0.717, 1.165) is 5.56 Å². The monoisotopic (exact) mass is 454 g/mol. The average molecular weight is 455 g/mol. The lowest BCUT2D eigenvalue weighted by molar-refractivity contribution is 0.0508. The molecule has 1 heterocycles. The van der Waals surface area contributed by atoms with Crippen LogP contribution in [0.5, 0.6) is 11.5 Å². The SMILES string of the molecule is CC(C)c1cc(-c2n[nH]c(=O)n2-c2ccc(C(C)NC(=O)OC(C)(C)C)cc2)c(O)cc1O. The minimum absolute atomic E-state index is 0.00158. The minimum atomic E-state index is -0.596. The highest BCUT2D eigenvalue weighted by molar-refractivity contribution is 5.69. The molecule has 9 heteroatoms. The highest BCUT2D eigenvalue weighted by Crippen LogP contribution is 2.37. The van der Waals surface area contributed by atoms with Crippen LogP contribution in [-0.4, -0.2) is 36.7 Å². The van der Waals surface area contributed by atoms with Crippen LogP contribution in [0.2, 0.25) is 0 Å². The normalized spacial score (nSPS) is 12.6. The number of nitrogens with one attached hydrogen (secondary N) is 2. The molecule has 3 aromatic rings. The van der Waals surface area contributed by atoms with Gasteiger partial charge in [-0.2, -0.15) is 5.10 Å². The Kier molecular flexibility index (Phi) is 6.53. The van der Waals surface area contributed by atoms with Gasteiger partial charge in [0.15, 0.2) is 5.82 Å². The predicted octanol–water partition coefficient (Wildman–Crippen LogP) is 4.35. The van der Waals surface area contributed by atoms with Crippen LogP contribution in [0.15, 0.2) is 41.2 Å². The van der Waals surface area contributed by atoms with E-state index in [-0.39, 0.29) is 29.3 Å². The number of phenols is 2. The topological polar surface area (TPSA) is 129 Å². The molecular formula is C24H30N4O5. The van der Waals surface area contributed by atoms with E-state index < -0.39 is 17.4 Å². The third-order valence-electron chi connectivity index (χ3n) is 5.06. The van der Waals surface area contributed by atoms with E-state index in [4.69, 9.17) is 4.74 Å². The summed E-state index contributed by atoms with van der Waals surface area (Å²) in [4.78, 5) is 24.6. The molecule has 1 amide bonds. The van der Waals surface area contributed by atoms with Crippen molar-refractivity contribution in [2.75, 3.05) is 0 Å². The van der Waals surface area contributed by atoms with Gasteiger partial charge < -0.3 is 20.3 Å². The number of benzene rings is 2. The minimum Gasteiger partial charge on any atom is -0.508 e. The molecule has 0 fully saturated rings. The average Bonchev–Trinajstić information content (AvgIpc) is 3.07. The summed E-state index contributed by atoms with van der Waals surface area (Å²) in [6.07, 6.45) is -0.517. The van der Waals surface area contributed by atoms with Crippen molar-refractivity contribution in [3.63, 3.8) is 0 Å². The molecule has 0 bridgehead atoms. The van der Waals surface area contributed by atoms with Crippen LogP contribution in [0.4, 0.5) is 4.79 Å². The summed E-state index contributed by atoms with van der Waals surface area (Å²) in [6, 6.07) is 9.59. The molecular weight excluding hydrogens is 424 g/mol. The first-order valence-electron chi connectivity index (χ1n) is 10.7. The van der Waals surface area contributed by atoms with Gasteiger partial charge in [0.2, 0.25) is 0 Å². The van der Waals surface area contributed by atoms with Crippen molar-refractivity contribution in [3.05, 3.63) is 58.0 Å². The molecule has 0 radical (unpaired) electrons. The lowest BCUT2D eigenvalue weighted by atomic mass is 9.98. The van der Waals surface area contributed by atoms with Crippen molar-refractivity contribution in [2.45, 2.75) is 59.1 Å². The summed E-state index contributed by atoms with van der Waals surface area (Å²) in [5.41, 5.74) is 1.21. The number of amides is 1. The quantitative estimate of drug-likeness (QED) is 0.454. The van der Waals surface area contributed by atoms with Crippen LogP contribution >= 0.6 is 0 Å². The molecule has 1 unspecified atom stereocenters. The maximum atomic E-state index is 12.5. The molecule has 176 valence electrons. The Labute approximate surface area is 192 Å². The van der Waals surface area contributed by atoms with Crippen LogP contribution in [0.25, 0.3) is 17.1 Å². The van der Waals surface area contributed by atoms with E-state index >= 15 is 0 Å². The number of carbonyl (C=O) groups is 1. The van der Waals surface area contributed by atoms with Gasteiger partial charge in [-0.25, -0.2) is 19.3 Å². The highest BCUT2D eigenvalue weighted by Gasteiger charge is 2.21. The molecule has 1 aromatic heterocycles. The number of hydrogen-bond donors (Lipinski definition) is 4. The second-order valence-corrected chi connectivity index (χ2v) is 9.23. The number of aromatic hydroxyl groups is 2. The summed E-state index contributed by atoms with van der Waals surface area (Å²) < 4.78 is 6.63. The van der Waals surface area contributed by atoms with Gasteiger partial charge in [-0.1, -0.05) is 26.0 Å². The van der Waals surface area contributed by atoms with Crippen molar-refractivity contribution in [2.24, 2.45) is 0 Å². The number of rotatable bonds is 5. The molecule has 4 N–H and O–H groups in total. The summed E-state index contributed by atoms with van der Waals surface area (Å²) >= 11 is 0. The Morgan fingerprint density at radius 2 is 1.73 bits per heavy atom. The molecule has 33 heavy (non-hydrogen) atoms. The van der Waals surface area contributed by atoms with E-state index in [1.165, 1.54) is 10.6 Å². The molecule has 0 aliphatic rings. The van der Waals surface area contributed by atoms with Gasteiger partial charge in [-0.15, -0.1) is 0 Å². The first kappa shape index (κ1) is 23.9. The van der Waals surface area contributed by atoms with E-state index in [1.54, 1.807) is 51.1 Å². The van der Waals surface area contributed by atoms with E-state index in [9.17, 15) is 19.8 Å². The number of carbonyl (C=O) groups excluding carboxylic acids is 1. The molecule has 0 saturated carbocycles. The van der Waals surface area contributed by atoms with E-state index in [2.05, 4.69) is 15.5 Å². The Hall–Kier alpha value is -3.75. The molecule has 9 nitrogen and oxygen atoms in total. The second-order valence-electron chi connectivity index (χ2n) is 9.23. The van der Waals surface area contributed by atoms with Gasteiger partial charge >= 0.3 is 11.8 Å². The fourth-order valence-corrected chi connectivity index (χ4v) is 3.43. The highest BCUT2D eigenvalue weighted by atomic mass is 16.6. The van der Waals surface area contributed by atoms with Crippen LogP contribution in [0.3, 0.4) is 0 Å². The number of hydrogen-bond acceptors (Lipinski definition) is 6. The fraction of sp³-hybridized carbons (Fsp3) is 0.375. The van der Waals surface area contributed by atoms with Crippen LogP contribution < -0.4 is 11.0 Å². The van der Waals surface area contributed by atoms with Crippen molar-refractivity contribution in [1.29, 1.82) is 0 Å². The lowest BCUT2D eigenvalue weighted by Gasteiger charge is -2.22. The zero-order valence-corrected chi connectivity index (χ0v) is 19.6. The molecule has 0 aliphatic heterocycles. The van der Waals surface area contributed by atoms with Gasteiger partial charge in [-0.05, 0) is 62.9 Å². The molecule has 2 aromatic carbocycles. The van der Waals surface area contributed by atoms with Gasteiger partial charge in [0.05, 0.1) is 17.3 Å². The number of ether oxygens (including phenoxy) is 1. The zero-order valence-electron chi connectivity index (χ0n) is 19.6. The van der Waals surface area contributed by atoms with Crippen molar-refractivity contribution in [3.8, 4) is 28.6 Å². The molecule has 3 rings (SSSR count). The van der Waals surface area contributed by atoms with Gasteiger partial charge in [0.25, 0.3) is 0 Å². The molecule has 1 atom stereocenters. The van der Waals surface area contributed by atoms with Gasteiger partial charge in [0, 0.05) is 6.07 Å². The Morgan fingerprint density at radius 1 is 1.09 bits per heavy atom. The van der Waals surface area contributed by atoms with Crippen molar-refractivity contribution in [1.82, 2.24) is 20.1 Å². The summed E-state index contributed by atoms with van der Waals surface area (Å²) in [5, 5.41) is 29.9. The molecule has 0 spiro atoms. The number of phenolic OH excluding ortho intramolecular Hbond substituents is 2. The number of aromatic nitrogens is 3. The Bertz CT molecular complexity index is 1200. The third-order valence-corrected chi connectivity index (χ3v) is 5.06. The number of aromatic amines is 1. The number of nitrogens with zero attached hydrogens (tertiary/aromatic N) is 2. The number of alkyl carbamates (subject to hydrolysis) is 1. The standard InChI is InChI=1S/C24H30N4O5/c1-13(2)17-11-18(20(30)12-19(17)29)21-26-27-22(31)28(21)16-9-7-15(8-10-16)14(3)25-23(32)33-24(4,5)6/h7-14,29-30H,1-6H3,(H,25,32)(H,27,31). The fourth-order valence-electron chi connectivity index (χ4n) is 3.43. The largest absolute Gasteiger partial charge is 0.508 e. The summed E-state index contributed by atoms with van der Waals surface area (Å²) in [6.45, 7) is 11.0. The zero-order chi connectivity index (χ0) is 24.5. The first-order chi connectivity index (χ1) is 15.4. The smallest absolute Gasteiger partial charge is 0.408 e. The summed E-state index contributed by atoms with van der Waals surface area (Å²) in [5.74, 6) is 0.00394. The van der Waals surface area contributed by atoms with Crippen molar-refractivity contribution >= 4 is 6.09 Å². The van der Waals surface area contributed by atoms with Gasteiger partial charge in [0.1, 0.15) is 17.1 Å². The number of H-pyrrole nitrogens is 1. The predicted molar refractivity (Wildman–Crippen MR) is 125 cm³/mol. The Balaban J connectivity index is 1.93. The van der Waals surface area contributed by atoms with Crippen molar-refractivity contribution < 1.29 is 19.7 Å². The first-order valence-corrected chi connectivity index (χ1v) is 10.7. The summed E-state index contributed by atoms with van der Waals surface area (Å²) in [7, 11) is 0. The molecule has 0 saturated heterocycles. The van der Waals surface area contributed by atoms with E-state index in [1.807, 2.05) is 20.8 Å². The maximum absolute atomic E-state index is 12.5. The lowest BCUT2D eigenvalue weighted by Crippen LogP contribution is -2.34. The van der Waals surface area contributed by atoms with Crippen LogP contribution in [-0.2, 0) is 4.74 Å². The molecule has 0 aliphatic carbocycles. The maximum Gasteiger partial charge on any atom is 0.408 e. The second kappa shape index (κ2) is 9.01. The Morgan fingerprint density at radius 3 is 2.30 bits per heavy atom. The van der Waals surface area contributed by atoms with Crippen LogP contribution in [0.1, 0.15) is 64.6 Å². The van der Waals surface area contributed by atoms with E-state index in [0.29, 0.717) is 16.8 Å².